The van der Waals surface area contributed by atoms with E-state index in [1.54, 1.807) is 18.3 Å². The van der Waals surface area contributed by atoms with Crippen LogP contribution in [0.25, 0.3) is 10.9 Å². The van der Waals surface area contributed by atoms with Crippen molar-refractivity contribution < 1.29 is 4.92 Å². The third kappa shape index (κ3) is 2.63. The van der Waals surface area contributed by atoms with Gasteiger partial charge in [-0.15, -0.1) is 0 Å². The number of pyridine rings is 1. The van der Waals surface area contributed by atoms with Crippen molar-refractivity contribution in [2.45, 2.75) is 6.42 Å². The summed E-state index contributed by atoms with van der Waals surface area (Å²) < 4.78 is 0. The number of anilines is 1. The Morgan fingerprint density at radius 3 is 2.89 bits per heavy atom. The van der Waals surface area contributed by atoms with Gasteiger partial charge in [-0.3, -0.25) is 10.1 Å². The molecule has 0 fully saturated rings. The molecule has 6 heteroatoms. The lowest BCUT2D eigenvalue weighted by molar-refractivity contribution is -0.383. The first-order valence-corrected chi connectivity index (χ1v) is 6.08. The topological polar surface area (TPSA) is 85.3 Å². The summed E-state index contributed by atoms with van der Waals surface area (Å²) in [6.07, 6.45) is 2.44. The van der Waals surface area contributed by atoms with E-state index in [1.807, 2.05) is 18.0 Å². The van der Waals surface area contributed by atoms with Gasteiger partial charge in [0.25, 0.3) is 5.69 Å². The zero-order valence-electron chi connectivity index (χ0n) is 10.7. The average Bonchev–Trinajstić information content (AvgIpc) is 2.43. The second kappa shape index (κ2) is 5.62. The van der Waals surface area contributed by atoms with E-state index < -0.39 is 4.92 Å². The average molecular weight is 260 g/mol. The number of hydrogen-bond donors (Lipinski definition) is 1. The predicted molar refractivity (Wildman–Crippen MR) is 75.3 cm³/mol. The quantitative estimate of drug-likeness (QED) is 0.655. The fraction of sp³-hybridized carbons (Fsp3) is 0.308. The Bertz CT molecular complexity index is 600. The number of nitro groups is 1. The second-order valence-corrected chi connectivity index (χ2v) is 4.32. The number of aromatic nitrogens is 1. The van der Waals surface area contributed by atoms with Gasteiger partial charge in [0.2, 0.25) is 0 Å². The van der Waals surface area contributed by atoms with E-state index in [-0.39, 0.29) is 5.69 Å². The predicted octanol–water partition coefficient (Wildman–Crippen LogP) is 1.93. The van der Waals surface area contributed by atoms with E-state index in [2.05, 4.69) is 4.98 Å². The first kappa shape index (κ1) is 13.2. The van der Waals surface area contributed by atoms with Crippen LogP contribution in [0.4, 0.5) is 11.4 Å². The zero-order chi connectivity index (χ0) is 13.8. The Hall–Kier alpha value is -2.21. The second-order valence-electron chi connectivity index (χ2n) is 4.32. The Kier molecular flexibility index (Phi) is 3.91. The highest BCUT2D eigenvalue weighted by molar-refractivity contribution is 5.97. The molecule has 2 rings (SSSR count). The molecule has 1 heterocycles. The fourth-order valence-electron chi connectivity index (χ4n) is 2.07. The van der Waals surface area contributed by atoms with Gasteiger partial charge in [-0.25, -0.2) is 4.98 Å². The van der Waals surface area contributed by atoms with Crippen LogP contribution in [0.15, 0.2) is 30.5 Å². The maximum atomic E-state index is 11.0. The number of non-ortho nitro benzene ring substituents is 1. The zero-order valence-corrected chi connectivity index (χ0v) is 10.7. The van der Waals surface area contributed by atoms with E-state index in [0.717, 1.165) is 24.0 Å². The van der Waals surface area contributed by atoms with Gasteiger partial charge >= 0.3 is 0 Å². The highest BCUT2D eigenvalue weighted by atomic mass is 16.6. The van der Waals surface area contributed by atoms with Crippen molar-refractivity contribution in [3.8, 4) is 0 Å². The monoisotopic (exact) mass is 260 g/mol. The van der Waals surface area contributed by atoms with Crippen molar-refractivity contribution in [1.82, 2.24) is 4.98 Å². The van der Waals surface area contributed by atoms with E-state index in [0.29, 0.717) is 12.1 Å². The van der Waals surface area contributed by atoms with Crippen molar-refractivity contribution in [2.24, 2.45) is 5.73 Å². The van der Waals surface area contributed by atoms with Gasteiger partial charge in [-0.05, 0) is 31.2 Å². The van der Waals surface area contributed by atoms with Crippen molar-refractivity contribution in [3.63, 3.8) is 0 Å². The number of hydrogen-bond acceptors (Lipinski definition) is 5. The van der Waals surface area contributed by atoms with E-state index >= 15 is 0 Å². The SMILES string of the molecule is CN(CCCN)c1ccc([N+](=O)[O-])c2ncccc12. The molecular weight excluding hydrogens is 244 g/mol. The molecule has 0 aliphatic rings. The van der Waals surface area contributed by atoms with Gasteiger partial charge in [-0.2, -0.15) is 0 Å². The summed E-state index contributed by atoms with van der Waals surface area (Å²) in [6, 6.07) is 6.90. The van der Waals surface area contributed by atoms with Crippen LogP contribution in [0.1, 0.15) is 6.42 Å². The molecule has 0 spiro atoms. The fourth-order valence-corrected chi connectivity index (χ4v) is 2.07. The Labute approximate surface area is 111 Å². The molecule has 1 aromatic heterocycles. The van der Waals surface area contributed by atoms with Crippen LogP contribution >= 0.6 is 0 Å². The molecule has 19 heavy (non-hydrogen) atoms. The minimum Gasteiger partial charge on any atom is -0.374 e. The summed E-state index contributed by atoms with van der Waals surface area (Å²) in [5.41, 5.74) is 6.89. The van der Waals surface area contributed by atoms with Crippen molar-refractivity contribution >= 4 is 22.3 Å². The molecule has 1 aromatic carbocycles. The third-order valence-electron chi connectivity index (χ3n) is 3.03. The molecule has 0 atom stereocenters. The van der Waals surface area contributed by atoms with Crippen LogP contribution in [0.5, 0.6) is 0 Å². The maximum Gasteiger partial charge on any atom is 0.295 e. The summed E-state index contributed by atoms with van der Waals surface area (Å²) in [5, 5.41) is 11.8. The van der Waals surface area contributed by atoms with Gasteiger partial charge < -0.3 is 10.6 Å². The number of rotatable bonds is 5. The van der Waals surface area contributed by atoms with E-state index in [4.69, 9.17) is 5.73 Å². The summed E-state index contributed by atoms with van der Waals surface area (Å²) in [6.45, 7) is 1.42. The minimum absolute atomic E-state index is 0.0339. The maximum absolute atomic E-state index is 11.0. The molecule has 0 radical (unpaired) electrons. The number of nitro benzene ring substituents is 1. The summed E-state index contributed by atoms with van der Waals surface area (Å²) >= 11 is 0. The first-order valence-electron chi connectivity index (χ1n) is 6.08. The molecule has 6 nitrogen and oxygen atoms in total. The van der Waals surface area contributed by atoms with Crippen LogP contribution in [0.2, 0.25) is 0 Å². The number of nitrogens with two attached hydrogens (primary N) is 1. The van der Waals surface area contributed by atoms with Gasteiger partial charge in [-0.1, -0.05) is 0 Å². The Morgan fingerprint density at radius 1 is 1.42 bits per heavy atom. The van der Waals surface area contributed by atoms with Gasteiger partial charge in [0.15, 0.2) is 0 Å². The third-order valence-corrected chi connectivity index (χ3v) is 3.03. The van der Waals surface area contributed by atoms with Gasteiger partial charge in [0.05, 0.1) is 4.92 Å². The first-order chi connectivity index (χ1) is 9.15. The van der Waals surface area contributed by atoms with Crippen LogP contribution in [0.3, 0.4) is 0 Å². The molecule has 0 saturated heterocycles. The molecule has 0 aliphatic carbocycles. The van der Waals surface area contributed by atoms with Crippen LogP contribution in [-0.2, 0) is 0 Å². The summed E-state index contributed by atoms with van der Waals surface area (Å²) in [4.78, 5) is 16.8. The smallest absolute Gasteiger partial charge is 0.295 e. The molecular formula is C13H16N4O2. The lowest BCUT2D eigenvalue weighted by Gasteiger charge is -2.20. The summed E-state index contributed by atoms with van der Waals surface area (Å²) in [5.74, 6) is 0. The number of fused-ring (bicyclic) bond motifs is 1. The Balaban J connectivity index is 2.52. The van der Waals surface area contributed by atoms with Crippen molar-refractivity contribution in [3.05, 3.63) is 40.6 Å². The standard InChI is InChI=1S/C13H16N4O2/c1-16(9-3-7-14)11-5-6-12(17(18)19)13-10(11)4-2-8-15-13/h2,4-6,8H,3,7,9,14H2,1H3. The molecule has 0 unspecified atom stereocenters. The highest BCUT2D eigenvalue weighted by Gasteiger charge is 2.16. The molecule has 100 valence electrons. The molecule has 0 saturated carbocycles. The van der Waals surface area contributed by atoms with E-state index in [9.17, 15) is 10.1 Å². The van der Waals surface area contributed by atoms with Crippen molar-refractivity contribution in [2.75, 3.05) is 25.0 Å². The normalized spacial score (nSPS) is 10.6. The molecule has 0 aliphatic heterocycles. The van der Waals surface area contributed by atoms with Crippen LogP contribution < -0.4 is 10.6 Å². The van der Waals surface area contributed by atoms with Crippen LogP contribution in [0, 0.1) is 10.1 Å². The van der Waals surface area contributed by atoms with Crippen molar-refractivity contribution in [1.29, 1.82) is 0 Å². The number of benzene rings is 1. The minimum atomic E-state index is -0.404. The van der Waals surface area contributed by atoms with Gasteiger partial charge in [0, 0.05) is 36.9 Å². The molecule has 2 aromatic rings. The van der Waals surface area contributed by atoms with Gasteiger partial charge in [0.1, 0.15) is 5.52 Å². The molecule has 0 amide bonds. The van der Waals surface area contributed by atoms with Crippen LogP contribution in [-0.4, -0.2) is 30.0 Å². The number of nitrogens with zero attached hydrogens (tertiary/aromatic N) is 3. The Morgan fingerprint density at radius 2 is 2.21 bits per heavy atom. The molecule has 0 bridgehead atoms. The lowest BCUT2D eigenvalue weighted by Crippen LogP contribution is -2.21. The highest BCUT2D eigenvalue weighted by Crippen LogP contribution is 2.31. The lowest BCUT2D eigenvalue weighted by atomic mass is 10.1. The summed E-state index contributed by atoms with van der Waals surface area (Å²) in [7, 11) is 1.95. The molecule has 2 N–H and O–H groups in total. The van der Waals surface area contributed by atoms with E-state index in [1.165, 1.54) is 6.07 Å². The largest absolute Gasteiger partial charge is 0.374 e.